The number of carbonyl (C=O) groups excluding carboxylic acids is 2. The van der Waals surface area contributed by atoms with Gasteiger partial charge in [0.1, 0.15) is 24.1 Å². The number of likely N-dealkylation sites (N-methyl/N-ethyl adjacent to an activating group) is 1. The van der Waals surface area contributed by atoms with Crippen LogP contribution in [0.4, 0.5) is 5.69 Å². The van der Waals surface area contributed by atoms with Crippen LogP contribution in [0.3, 0.4) is 0 Å². The molecule has 37 heavy (non-hydrogen) atoms. The van der Waals surface area contributed by atoms with Crippen molar-refractivity contribution >= 4 is 44.2 Å². The maximum Gasteiger partial charge on any atom is 0.250 e. The fourth-order valence-corrected chi connectivity index (χ4v) is 4.71. The molecular formula is C28H32BrN3O5. The average Bonchev–Trinajstić information content (AvgIpc) is 2.94. The first kappa shape index (κ1) is 26.9. The topological polar surface area (TPSA) is 89.1 Å². The van der Waals surface area contributed by atoms with E-state index in [0.29, 0.717) is 43.4 Å². The van der Waals surface area contributed by atoms with Gasteiger partial charge < -0.3 is 29.7 Å². The number of carbonyl (C=O) groups is 2. The third kappa shape index (κ3) is 6.23. The van der Waals surface area contributed by atoms with E-state index >= 15 is 0 Å². The summed E-state index contributed by atoms with van der Waals surface area (Å²) in [5.74, 6) is 0.724. The fraction of sp³-hybridized carbons (Fsp3) is 0.357. The Balaban J connectivity index is 1.82. The maximum absolute atomic E-state index is 14.2. The number of anilines is 1. The minimum Gasteiger partial charge on any atom is -0.496 e. The Morgan fingerprint density at radius 1 is 1.16 bits per heavy atom. The zero-order valence-electron chi connectivity index (χ0n) is 21.3. The highest BCUT2D eigenvalue weighted by Crippen LogP contribution is 2.35. The standard InChI is InChI=1S/C28H32BrN3O5/c1-18(30-2)27(33)31-23-12-13-36-14-15-37-26-7-5-4-6-24(26)32(28(23)34)17-22-21-10-9-20(29)16-19(21)8-11-25(22)35-3/h4-11,16,18,23,30H,12-15,17H2,1-3H3,(H,31,33)/t18-,23+/m0/s1. The normalized spacial score (nSPS) is 17.4. The van der Waals surface area contributed by atoms with Crippen molar-refractivity contribution in [3.63, 3.8) is 0 Å². The van der Waals surface area contributed by atoms with E-state index in [4.69, 9.17) is 14.2 Å². The highest BCUT2D eigenvalue weighted by molar-refractivity contribution is 9.10. The van der Waals surface area contributed by atoms with Gasteiger partial charge in [0.25, 0.3) is 0 Å². The summed E-state index contributed by atoms with van der Waals surface area (Å²) in [6.07, 6.45) is 0.333. The van der Waals surface area contributed by atoms with Gasteiger partial charge in [-0.3, -0.25) is 9.59 Å². The minimum atomic E-state index is -0.787. The molecule has 0 fully saturated rings. The van der Waals surface area contributed by atoms with Crippen molar-refractivity contribution in [1.82, 2.24) is 10.6 Å². The smallest absolute Gasteiger partial charge is 0.250 e. The summed E-state index contributed by atoms with van der Waals surface area (Å²) in [5.41, 5.74) is 1.47. The van der Waals surface area contributed by atoms with Crippen LogP contribution in [0.2, 0.25) is 0 Å². The maximum atomic E-state index is 14.2. The Bertz CT molecular complexity index is 1270. The summed E-state index contributed by atoms with van der Waals surface area (Å²) in [4.78, 5) is 28.7. The quantitative estimate of drug-likeness (QED) is 0.466. The minimum absolute atomic E-state index is 0.218. The lowest BCUT2D eigenvalue weighted by Crippen LogP contribution is -2.53. The van der Waals surface area contributed by atoms with Gasteiger partial charge in [-0.15, -0.1) is 0 Å². The fourth-order valence-electron chi connectivity index (χ4n) is 4.33. The number of nitrogens with zero attached hydrogens (tertiary/aromatic N) is 1. The van der Waals surface area contributed by atoms with Crippen molar-refractivity contribution in [3.8, 4) is 11.5 Å². The number of para-hydroxylation sites is 2. The van der Waals surface area contributed by atoms with E-state index in [-0.39, 0.29) is 18.4 Å². The van der Waals surface area contributed by atoms with Gasteiger partial charge in [0, 0.05) is 16.6 Å². The van der Waals surface area contributed by atoms with E-state index in [9.17, 15) is 9.59 Å². The molecule has 196 valence electrons. The van der Waals surface area contributed by atoms with E-state index in [1.807, 2.05) is 54.6 Å². The molecule has 0 unspecified atom stereocenters. The lowest BCUT2D eigenvalue weighted by atomic mass is 10.0. The van der Waals surface area contributed by atoms with E-state index in [0.717, 1.165) is 20.8 Å². The molecule has 0 saturated carbocycles. The second-order valence-corrected chi connectivity index (χ2v) is 9.74. The Labute approximate surface area is 225 Å². The summed E-state index contributed by atoms with van der Waals surface area (Å²) in [5, 5.41) is 7.84. The monoisotopic (exact) mass is 569 g/mol. The first-order valence-electron chi connectivity index (χ1n) is 12.3. The number of methoxy groups -OCH3 is 1. The van der Waals surface area contributed by atoms with Gasteiger partial charge in [-0.25, -0.2) is 0 Å². The van der Waals surface area contributed by atoms with Crippen LogP contribution in [0.1, 0.15) is 18.9 Å². The SMILES string of the molecule is CN[C@@H](C)C(=O)N[C@@H]1CCOCCOc2ccccc2N(Cc2c(OC)ccc3cc(Br)ccc23)C1=O. The molecule has 0 saturated heterocycles. The Morgan fingerprint density at radius 3 is 2.76 bits per heavy atom. The molecule has 4 rings (SSSR count). The van der Waals surface area contributed by atoms with E-state index < -0.39 is 12.1 Å². The van der Waals surface area contributed by atoms with E-state index in [1.165, 1.54) is 0 Å². The number of fused-ring (bicyclic) bond motifs is 2. The van der Waals surface area contributed by atoms with Gasteiger partial charge in [-0.1, -0.05) is 40.2 Å². The van der Waals surface area contributed by atoms with Crippen LogP contribution < -0.4 is 25.0 Å². The molecule has 0 bridgehead atoms. The van der Waals surface area contributed by atoms with Crippen LogP contribution in [0, 0.1) is 0 Å². The van der Waals surface area contributed by atoms with Crippen LogP contribution in [0.25, 0.3) is 10.8 Å². The Kier molecular flexibility index (Phi) is 9.02. The molecule has 0 spiro atoms. The van der Waals surface area contributed by atoms with Crippen molar-refractivity contribution in [1.29, 1.82) is 0 Å². The van der Waals surface area contributed by atoms with Crippen molar-refractivity contribution in [3.05, 3.63) is 64.6 Å². The van der Waals surface area contributed by atoms with Crippen molar-refractivity contribution in [2.24, 2.45) is 0 Å². The molecule has 1 aliphatic heterocycles. The largest absolute Gasteiger partial charge is 0.496 e. The number of nitrogens with one attached hydrogen (secondary N) is 2. The van der Waals surface area contributed by atoms with E-state index in [1.54, 1.807) is 26.0 Å². The first-order chi connectivity index (χ1) is 17.9. The summed E-state index contributed by atoms with van der Waals surface area (Å²) in [6.45, 7) is 3.00. The van der Waals surface area contributed by atoms with Gasteiger partial charge in [0.15, 0.2) is 0 Å². The zero-order chi connectivity index (χ0) is 26.4. The van der Waals surface area contributed by atoms with Crippen LogP contribution in [-0.4, -0.2) is 57.9 Å². The molecule has 3 aromatic rings. The highest BCUT2D eigenvalue weighted by Gasteiger charge is 2.31. The highest BCUT2D eigenvalue weighted by atomic mass is 79.9. The number of halogens is 1. The molecule has 1 heterocycles. The number of amides is 2. The third-order valence-corrected chi connectivity index (χ3v) is 6.98. The van der Waals surface area contributed by atoms with Crippen molar-refractivity contribution < 1.29 is 23.8 Å². The number of hydrogen-bond acceptors (Lipinski definition) is 6. The second-order valence-electron chi connectivity index (χ2n) is 8.82. The predicted molar refractivity (Wildman–Crippen MR) is 147 cm³/mol. The summed E-state index contributed by atoms with van der Waals surface area (Å²) < 4.78 is 18.4. The molecule has 2 amide bonds. The molecule has 1 aliphatic rings. The van der Waals surface area contributed by atoms with Crippen LogP contribution in [0.15, 0.2) is 59.1 Å². The number of ether oxygens (including phenoxy) is 3. The van der Waals surface area contributed by atoms with Crippen molar-refractivity contribution in [2.75, 3.05) is 38.9 Å². The molecule has 8 nitrogen and oxygen atoms in total. The number of benzene rings is 3. The second kappa shape index (κ2) is 12.4. The lowest BCUT2D eigenvalue weighted by molar-refractivity contribution is -0.129. The van der Waals surface area contributed by atoms with Crippen LogP contribution in [-0.2, 0) is 20.9 Å². The van der Waals surface area contributed by atoms with Gasteiger partial charge in [0.05, 0.1) is 32.0 Å². The molecule has 9 heteroatoms. The van der Waals surface area contributed by atoms with Gasteiger partial charge in [-0.05, 0) is 61.5 Å². The number of hydrogen-bond donors (Lipinski definition) is 2. The molecule has 2 N–H and O–H groups in total. The van der Waals surface area contributed by atoms with Crippen LogP contribution in [0.5, 0.6) is 11.5 Å². The first-order valence-corrected chi connectivity index (χ1v) is 13.1. The predicted octanol–water partition coefficient (Wildman–Crippen LogP) is 4.04. The molecule has 0 aromatic heterocycles. The molecule has 0 radical (unpaired) electrons. The number of rotatable bonds is 6. The van der Waals surface area contributed by atoms with Gasteiger partial charge >= 0.3 is 0 Å². The van der Waals surface area contributed by atoms with Crippen molar-refractivity contribution in [2.45, 2.75) is 32.0 Å². The molecule has 3 aromatic carbocycles. The molecule has 0 aliphatic carbocycles. The summed E-state index contributed by atoms with van der Waals surface area (Å²) >= 11 is 3.54. The Morgan fingerprint density at radius 2 is 1.97 bits per heavy atom. The Hall–Kier alpha value is -3.14. The molecular weight excluding hydrogens is 538 g/mol. The average molecular weight is 570 g/mol. The molecule has 2 atom stereocenters. The van der Waals surface area contributed by atoms with Crippen LogP contribution >= 0.6 is 15.9 Å². The lowest BCUT2D eigenvalue weighted by Gasteiger charge is -2.30. The zero-order valence-corrected chi connectivity index (χ0v) is 22.8. The van der Waals surface area contributed by atoms with Gasteiger partial charge in [-0.2, -0.15) is 0 Å². The van der Waals surface area contributed by atoms with E-state index in [2.05, 4.69) is 26.6 Å². The van der Waals surface area contributed by atoms with Gasteiger partial charge in [0.2, 0.25) is 11.8 Å². The summed E-state index contributed by atoms with van der Waals surface area (Å²) in [6, 6.07) is 16.1. The summed E-state index contributed by atoms with van der Waals surface area (Å²) in [7, 11) is 3.33. The third-order valence-electron chi connectivity index (χ3n) is 6.49.